The van der Waals surface area contributed by atoms with E-state index in [1.807, 2.05) is 0 Å². The van der Waals surface area contributed by atoms with E-state index in [1.165, 1.54) is 0 Å². The third-order valence-corrected chi connectivity index (χ3v) is 9.76. The molecule has 0 nitrogen and oxygen atoms in total. The monoisotopic (exact) mass is 316 g/mol. The van der Waals surface area contributed by atoms with Crippen molar-refractivity contribution in [2.24, 2.45) is 0 Å². The van der Waals surface area contributed by atoms with E-state index in [0.717, 1.165) is 0 Å². The predicted molar refractivity (Wildman–Crippen MR) is 33.9 cm³/mol. The minimum absolute atomic E-state index is 8.65. The first kappa shape index (κ1) is 13.9. The van der Waals surface area contributed by atoms with Crippen LogP contribution in [0.15, 0.2) is 0 Å². The first-order valence-corrected chi connectivity index (χ1v) is 6.91. The standard InChI is InChI=1S/C2F12S2/c3-1(4)15(7,8,9,10)2(5,6)16(1,11,12,13)14. The molecule has 1 rings (SSSR count). The first-order chi connectivity index (χ1) is 6.08. The maximum atomic E-state index is 11.8. The summed E-state index contributed by atoms with van der Waals surface area (Å²) >= 11 is 0. The molecule has 0 radical (unpaired) electrons. The molecule has 0 aromatic carbocycles. The second kappa shape index (κ2) is 1.63. The molecule has 1 saturated heterocycles. The Morgan fingerprint density at radius 3 is 0.625 bits per heavy atom. The molecule has 1 aliphatic rings. The van der Waals surface area contributed by atoms with Crippen molar-refractivity contribution in [1.82, 2.24) is 0 Å². The molecule has 0 spiro atoms. The Morgan fingerprint density at radius 1 is 0.438 bits per heavy atom. The number of rotatable bonds is 0. The minimum atomic E-state index is -12.2. The van der Waals surface area contributed by atoms with E-state index in [4.69, 9.17) is 0 Å². The van der Waals surface area contributed by atoms with Crippen LogP contribution in [-0.2, 0) is 0 Å². The molecule has 1 fully saturated rings. The topological polar surface area (TPSA) is 0 Å². The summed E-state index contributed by atoms with van der Waals surface area (Å²) in [5.74, 6) is 0. The molecular weight excluding hydrogens is 316 g/mol. The third kappa shape index (κ3) is 0.640. The lowest BCUT2D eigenvalue weighted by atomic mass is 11.5. The Hall–Kier alpha value is -0.140. The summed E-state index contributed by atoms with van der Waals surface area (Å²) in [5, 5.41) is 0. The summed E-state index contributed by atoms with van der Waals surface area (Å²) in [6, 6.07) is 0. The zero-order valence-electron chi connectivity index (χ0n) is 6.35. The van der Waals surface area contributed by atoms with E-state index in [1.54, 1.807) is 0 Å². The molecule has 0 aliphatic carbocycles. The van der Waals surface area contributed by atoms with Crippen molar-refractivity contribution in [2.45, 2.75) is 9.17 Å². The molecule has 1 aliphatic heterocycles. The molecule has 0 unspecified atom stereocenters. The van der Waals surface area contributed by atoms with Crippen molar-refractivity contribution >= 4 is 19.7 Å². The van der Waals surface area contributed by atoms with Crippen molar-refractivity contribution in [3.8, 4) is 0 Å². The molecule has 0 N–H and O–H groups in total. The molecule has 14 heteroatoms. The van der Waals surface area contributed by atoms with Gasteiger partial charge in [-0.1, -0.05) is 0 Å². The summed E-state index contributed by atoms with van der Waals surface area (Å²) in [5.41, 5.74) is 0. The zero-order valence-corrected chi connectivity index (χ0v) is 7.99. The molecule has 16 heavy (non-hydrogen) atoms. The molecular formula is C2F12S2. The highest BCUT2D eigenvalue weighted by molar-refractivity contribution is 8.80. The van der Waals surface area contributed by atoms with Crippen LogP contribution in [0.2, 0.25) is 0 Å². The summed E-state index contributed by atoms with van der Waals surface area (Å²) in [4.78, 5) is 0. The van der Waals surface area contributed by atoms with E-state index in [2.05, 4.69) is 0 Å². The fraction of sp³-hybridized carbons (Fsp3) is 1.00. The van der Waals surface area contributed by atoms with Crippen LogP contribution in [0.1, 0.15) is 0 Å². The molecule has 0 atom stereocenters. The van der Waals surface area contributed by atoms with Gasteiger partial charge in [-0.05, 0) is 0 Å². The molecule has 0 bridgehead atoms. The molecule has 0 amide bonds. The average Bonchev–Trinajstić information content (AvgIpc) is 1.77. The lowest BCUT2D eigenvalue weighted by Crippen LogP contribution is -2.73. The third-order valence-electron chi connectivity index (χ3n) is 1.91. The van der Waals surface area contributed by atoms with Crippen molar-refractivity contribution in [2.75, 3.05) is 0 Å². The van der Waals surface area contributed by atoms with Gasteiger partial charge in [0, 0.05) is 0 Å². The van der Waals surface area contributed by atoms with E-state index < -0.39 is 28.8 Å². The maximum absolute atomic E-state index is 12.2. The van der Waals surface area contributed by atoms with Crippen LogP contribution < -0.4 is 0 Å². The largest absolute Gasteiger partial charge is 0.475 e. The second-order valence-corrected chi connectivity index (χ2v) is 9.91. The highest BCUT2D eigenvalue weighted by atomic mass is 32.6. The normalized spacial score (nSPS) is 50.2. The summed E-state index contributed by atoms with van der Waals surface area (Å²) in [6.07, 6.45) is 0. The smallest absolute Gasteiger partial charge is 0.169 e. The van der Waals surface area contributed by atoms with Gasteiger partial charge in [-0.2, -0.15) is 17.6 Å². The highest BCUT2D eigenvalue weighted by Crippen LogP contribution is 3.39. The van der Waals surface area contributed by atoms with Gasteiger partial charge in [-0.15, -0.1) is 31.1 Å². The van der Waals surface area contributed by atoms with E-state index in [9.17, 15) is 48.6 Å². The van der Waals surface area contributed by atoms with E-state index >= 15 is 0 Å². The maximum Gasteiger partial charge on any atom is 0.475 e. The van der Waals surface area contributed by atoms with Gasteiger partial charge < -0.3 is 0 Å². The van der Waals surface area contributed by atoms with Gasteiger partial charge in [0.1, 0.15) is 0 Å². The van der Waals surface area contributed by atoms with Gasteiger partial charge in [0.25, 0.3) is 0 Å². The van der Waals surface area contributed by atoms with Crippen LogP contribution in [-0.4, -0.2) is 9.17 Å². The minimum Gasteiger partial charge on any atom is -0.169 e. The fourth-order valence-electron chi connectivity index (χ4n) is 0.917. The van der Waals surface area contributed by atoms with Crippen molar-refractivity contribution < 1.29 is 48.6 Å². The molecule has 1 heterocycles. The van der Waals surface area contributed by atoms with Crippen molar-refractivity contribution in [3.63, 3.8) is 0 Å². The Bertz CT molecular complexity index is 333. The molecule has 0 saturated carbocycles. The van der Waals surface area contributed by atoms with Gasteiger partial charge >= 0.3 is 28.8 Å². The summed E-state index contributed by atoms with van der Waals surface area (Å²) in [6.45, 7) is 0. The van der Waals surface area contributed by atoms with Crippen molar-refractivity contribution in [3.05, 3.63) is 0 Å². The molecule has 104 valence electrons. The van der Waals surface area contributed by atoms with Gasteiger partial charge in [0.2, 0.25) is 0 Å². The first-order valence-electron chi connectivity index (χ1n) is 2.81. The van der Waals surface area contributed by atoms with E-state index in [0.29, 0.717) is 0 Å². The molecule has 0 aromatic heterocycles. The van der Waals surface area contributed by atoms with E-state index in [-0.39, 0.29) is 0 Å². The van der Waals surface area contributed by atoms with Crippen LogP contribution in [0.25, 0.3) is 0 Å². The van der Waals surface area contributed by atoms with Gasteiger partial charge in [0.15, 0.2) is 0 Å². The Kier molecular flexibility index (Phi) is 1.42. The number of hydrogen-bond acceptors (Lipinski definition) is 0. The van der Waals surface area contributed by atoms with Crippen LogP contribution in [0.4, 0.5) is 48.6 Å². The highest BCUT2D eigenvalue weighted by Gasteiger charge is 3.29. The number of alkyl halides is 4. The van der Waals surface area contributed by atoms with Crippen LogP contribution in [0.5, 0.6) is 0 Å². The molecule has 0 aromatic rings. The van der Waals surface area contributed by atoms with Gasteiger partial charge in [0.05, 0.1) is 0 Å². The van der Waals surface area contributed by atoms with Crippen LogP contribution >= 0.6 is 19.7 Å². The Morgan fingerprint density at radius 2 is 0.562 bits per heavy atom. The van der Waals surface area contributed by atoms with Crippen molar-refractivity contribution in [1.29, 1.82) is 0 Å². The van der Waals surface area contributed by atoms with Gasteiger partial charge in [-0.3, -0.25) is 0 Å². The Labute approximate surface area is 78.4 Å². The Balaban J connectivity index is 3.94. The number of hydrogen-bond donors (Lipinski definition) is 0. The summed E-state index contributed by atoms with van der Waals surface area (Å²) in [7, 11) is -24.5. The van der Waals surface area contributed by atoms with Gasteiger partial charge in [-0.25, -0.2) is 0 Å². The lowest BCUT2D eigenvalue weighted by Gasteiger charge is -2.79. The van der Waals surface area contributed by atoms with Crippen LogP contribution in [0.3, 0.4) is 0 Å². The SMILES string of the molecule is FC1(F)S(F)(F)(F)(F)C(F)(F)S1(F)(F)(F)F. The number of halogens is 12. The van der Waals surface area contributed by atoms with Crippen LogP contribution in [0, 0.1) is 0 Å². The quantitative estimate of drug-likeness (QED) is 0.486. The fourth-order valence-corrected chi connectivity index (χ4v) is 7.56. The summed E-state index contributed by atoms with van der Waals surface area (Å²) < 4.78 is 124. The second-order valence-electron chi connectivity index (χ2n) is 3.07. The average molecular weight is 316 g/mol. The lowest BCUT2D eigenvalue weighted by molar-refractivity contribution is -0.0206. The predicted octanol–water partition coefficient (Wildman–Crippen LogP) is 5.93. The zero-order chi connectivity index (χ0) is 13.8.